The number of likely N-dealkylation sites (tertiary alicyclic amines) is 1. The third-order valence-electron chi connectivity index (χ3n) is 6.80. The number of amides is 1. The van der Waals surface area contributed by atoms with Gasteiger partial charge in [-0.1, -0.05) is 24.8 Å². The summed E-state index contributed by atoms with van der Waals surface area (Å²) < 4.78 is 42.8. The van der Waals surface area contributed by atoms with Gasteiger partial charge in [-0.25, -0.2) is 4.98 Å². The number of anilines is 1. The average molecular weight is 541 g/mol. The Morgan fingerprint density at radius 1 is 1.18 bits per heavy atom. The summed E-state index contributed by atoms with van der Waals surface area (Å²) in [6.45, 7) is 11.3. The number of alkyl halides is 3. The summed E-state index contributed by atoms with van der Waals surface area (Å²) >= 11 is 0. The van der Waals surface area contributed by atoms with Crippen molar-refractivity contribution in [3.05, 3.63) is 66.3 Å². The van der Waals surface area contributed by atoms with Crippen LogP contribution < -0.4 is 10.6 Å². The zero-order valence-electron chi connectivity index (χ0n) is 22.8. The number of rotatable bonds is 7. The van der Waals surface area contributed by atoms with Crippen LogP contribution in [0.25, 0.3) is 22.4 Å². The van der Waals surface area contributed by atoms with E-state index in [1.807, 2.05) is 26.8 Å². The van der Waals surface area contributed by atoms with E-state index in [1.54, 1.807) is 41.2 Å². The van der Waals surface area contributed by atoms with E-state index in [0.717, 1.165) is 31.6 Å². The molecule has 0 unspecified atom stereocenters. The number of hydrogen-bond donors (Lipinski definition) is 2. The second kappa shape index (κ2) is 11.2. The molecule has 0 radical (unpaired) electrons. The third-order valence-corrected chi connectivity index (χ3v) is 6.80. The average Bonchev–Trinajstić information content (AvgIpc) is 3.38. The van der Waals surface area contributed by atoms with Gasteiger partial charge in [0.25, 0.3) is 5.91 Å². The first-order valence-electron chi connectivity index (χ1n) is 13.0. The molecular weight excluding hydrogens is 505 g/mol. The van der Waals surface area contributed by atoms with E-state index in [2.05, 4.69) is 39.2 Å². The van der Waals surface area contributed by atoms with Crippen LogP contribution in [0.2, 0.25) is 0 Å². The minimum Gasteiger partial charge on any atom is -0.382 e. The fraction of sp³-hybridized carbons (Fsp3) is 0.414. The van der Waals surface area contributed by atoms with E-state index < -0.39 is 11.7 Å². The van der Waals surface area contributed by atoms with E-state index in [1.165, 1.54) is 6.20 Å². The molecule has 7 nitrogen and oxygen atoms in total. The summed E-state index contributed by atoms with van der Waals surface area (Å²) in [6.07, 6.45) is 3.72. The number of pyridine rings is 1. The van der Waals surface area contributed by atoms with E-state index >= 15 is 0 Å². The summed E-state index contributed by atoms with van der Waals surface area (Å²) in [5.74, 6) is -0.294. The van der Waals surface area contributed by atoms with Crippen molar-refractivity contribution in [1.82, 2.24) is 25.0 Å². The van der Waals surface area contributed by atoms with Crippen molar-refractivity contribution in [3.8, 4) is 0 Å². The maximum absolute atomic E-state index is 13.7. The predicted octanol–water partition coefficient (Wildman–Crippen LogP) is 5.71. The molecule has 3 heterocycles. The summed E-state index contributed by atoms with van der Waals surface area (Å²) in [4.78, 5) is 19.1. The number of allylic oxidation sites excluding steroid dienone is 1. The number of piperidine rings is 1. The molecule has 0 aliphatic carbocycles. The lowest BCUT2D eigenvalue weighted by molar-refractivity contribution is -0.0688. The topological polar surface area (TPSA) is 75.1 Å². The Kier molecular flexibility index (Phi) is 8.15. The first kappa shape index (κ1) is 28.4. The highest BCUT2D eigenvalue weighted by molar-refractivity contribution is 6.01. The number of nitrogens with one attached hydrogen (secondary N) is 2. The van der Waals surface area contributed by atoms with Crippen molar-refractivity contribution >= 4 is 34.0 Å². The Balaban J connectivity index is 1.58. The van der Waals surface area contributed by atoms with Crippen LogP contribution in [0, 0.1) is 0 Å². The Morgan fingerprint density at radius 2 is 1.90 bits per heavy atom. The van der Waals surface area contributed by atoms with Crippen LogP contribution >= 0.6 is 0 Å². The number of aromatic nitrogens is 3. The molecule has 1 aliphatic heterocycles. The smallest absolute Gasteiger partial charge is 0.382 e. The SMILES string of the molecule is C=C(c1nc(/C=C/CNC(=O)c2cnn(C(C)(C)C)c2)cc2c(NC3CCN(C)CC3)cccc12)C(F)(F)F. The minimum atomic E-state index is -4.62. The first-order valence-corrected chi connectivity index (χ1v) is 13.0. The molecule has 2 aromatic heterocycles. The van der Waals surface area contributed by atoms with Crippen molar-refractivity contribution in [3.63, 3.8) is 0 Å². The van der Waals surface area contributed by atoms with Gasteiger partial charge in [-0.3, -0.25) is 9.48 Å². The standard InChI is InChI=1S/C29H35F3N6O/c1-19(29(30,31)32)26-23-9-6-10-25(35-21-11-14-37(5)15-12-21)24(23)16-22(36-26)8-7-13-33-27(39)20-17-34-38(18-20)28(2,3)4/h6-10,16-18,21,35H,1,11-15H2,2-5H3,(H,33,39)/b8-7+. The van der Waals surface area contributed by atoms with Gasteiger partial charge >= 0.3 is 6.18 Å². The molecule has 4 rings (SSSR count). The Hall–Kier alpha value is -3.66. The number of benzene rings is 1. The predicted molar refractivity (Wildman–Crippen MR) is 150 cm³/mol. The molecule has 10 heteroatoms. The van der Waals surface area contributed by atoms with Gasteiger partial charge in [-0.2, -0.15) is 18.3 Å². The highest BCUT2D eigenvalue weighted by atomic mass is 19.4. The lowest BCUT2D eigenvalue weighted by Crippen LogP contribution is -2.36. The fourth-order valence-corrected chi connectivity index (χ4v) is 4.49. The number of fused-ring (bicyclic) bond motifs is 1. The molecular formula is C29H35F3N6O. The minimum absolute atomic E-state index is 0.171. The number of nitrogens with zero attached hydrogens (tertiary/aromatic N) is 4. The molecule has 208 valence electrons. The zero-order chi connectivity index (χ0) is 28.4. The number of halogens is 3. The summed E-state index contributed by atoms with van der Waals surface area (Å²) in [7, 11) is 2.08. The van der Waals surface area contributed by atoms with Crippen LogP contribution in [0.4, 0.5) is 18.9 Å². The second-order valence-electron chi connectivity index (χ2n) is 11.0. The van der Waals surface area contributed by atoms with Crippen molar-refractivity contribution in [2.45, 2.75) is 51.4 Å². The third kappa shape index (κ3) is 6.86. The molecule has 1 aliphatic rings. The number of carbonyl (C=O) groups excluding carboxylic acids is 1. The largest absolute Gasteiger partial charge is 0.417 e. The molecule has 1 amide bonds. The van der Waals surface area contributed by atoms with Crippen LogP contribution in [0.15, 0.2) is 49.3 Å². The van der Waals surface area contributed by atoms with Gasteiger partial charge in [0.2, 0.25) is 0 Å². The van der Waals surface area contributed by atoms with Crippen molar-refractivity contribution in [2.75, 3.05) is 32.0 Å². The van der Waals surface area contributed by atoms with Crippen molar-refractivity contribution < 1.29 is 18.0 Å². The summed E-state index contributed by atoms with van der Waals surface area (Å²) in [5.41, 5.74) is 0.0818. The van der Waals surface area contributed by atoms with Crippen LogP contribution in [0.3, 0.4) is 0 Å². The lowest BCUT2D eigenvalue weighted by atomic mass is 10.00. The quantitative estimate of drug-likeness (QED) is 0.402. The number of hydrogen-bond acceptors (Lipinski definition) is 5. The molecule has 0 saturated carbocycles. The Bertz CT molecular complexity index is 1380. The molecule has 1 aromatic carbocycles. The molecule has 3 aromatic rings. The lowest BCUT2D eigenvalue weighted by Gasteiger charge is -2.30. The van der Waals surface area contributed by atoms with Gasteiger partial charge in [0.05, 0.1) is 34.3 Å². The first-order chi connectivity index (χ1) is 18.3. The normalized spacial score (nSPS) is 15.7. The van der Waals surface area contributed by atoms with Gasteiger partial charge < -0.3 is 15.5 Å². The second-order valence-corrected chi connectivity index (χ2v) is 11.0. The highest BCUT2D eigenvalue weighted by Crippen LogP contribution is 2.37. The molecule has 1 fully saturated rings. The van der Waals surface area contributed by atoms with Crippen molar-refractivity contribution in [2.24, 2.45) is 0 Å². The summed E-state index contributed by atoms with van der Waals surface area (Å²) in [5, 5.41) is 11.6. The molecule has 1 saturated heterocycles. The van der Waals surface area contributed by atoms with Crippen LogP contribution in [0.1, 0.15) is 55.4 Å². The molecule has 2 N–H and O–H groups in total. The van der Waals surface area contributed by atoms with E-state index in [-0.39, 0.29) is 29.7 Å². The van der Waals surface area contributed by atoms with Crippen molar-refractivity contribution in [1.29, 1.82) is 0 Å². The van der Waals surface area contributed by atoms with Gasteiger partial charge in [-0.15, -0.1) is 0 Å². The highest BCUT2D eigenvalue weighted by Gasteiger charge is 2.35. The Morgan fingerprint density at radius 3 is 2.54 bits per heavy atom. The maximum atomic E-state index is 13.7. The van der Waals surface area contributed by atoms with E-state index in [4.69, 9.17) is 0 Å². The Labute approximate surface area is 226 Å². The summed E-state index contributed by atoms with van der Waals surface area (Å²) in [6, 6.07) is 7.25. The van der Waals surface area contributed by atoms with Crippen LogP contribution in [-0.4, -0.2) is 64.5 Å². The molecule has 0 atom stereocenters. The van der Waals surface area contributed by atoms with Crippen LogP contribution in [0.5, 0.6) is 0 Å². The monoisotopic (exact) mass is 540 g/mol. The van der Waals surface area contributed by atoms with Crippen LogP contribution in [-0.2, 0) is 5.54 Å². The molecule has 0 bridgehead atoms. The molecule has 39 heavy (non-hydrogen) atoms. The fourth-order valence-electron chi connectivity index (χ4n) is 4.49. The van der Waals surface area contributed by atoms with Gasteiger partial charge in [0.15, 0.2) is 0 Å². The zero-order valence-corrected chi connectivity index (χ0v) is 22.8. The van der Waals surface area contributed by atoms with E-state index in [9.17, 15) is 18.0 Å². The van der Waals surface area contributed by atoms with E-state index in [0.29, 0.717) is 22.0 Å². The van der Waals surface area contributed by atoms with Gasteiger partial charge in [-0.05, 0) is 72.0 Å². The van der Waals surface area contributed by atoms with Gasteiger partial charge in [0.1, 0.15) is 0 Å². The molecule has 0 spiro atoms. The number of carbonyl (C=O) groups is 1. The maximum Gasteiger partial charge on any atom is 0.417 e. The van der Waals surface area contributed by atoms with Gasteiger partial charge in [0, 0.05) is 35.2 Å².